The summed E-state index contributed by atoms with van der Waals surface area (Å²) < 4.78 is 13.2. The Morgan fingerprint density at radius 1 is 1.19 bits per heavy atom. The van der Waals surface area contributed by atoms with Gasteiger partial charge in [-0.05, 0) is 36.4 Å². The highest BCUT2D eigenvalue weighted by Gasteiger charge is 2.12. The normalized spacial score (nSPS) is 10.8. The number of hydrogen-bond acceptors (Lipinski definition) is 4. The lowest BCUT2D eigenvalue weighted by molar-refractivity contribution is 0.0998. The van der Waals surface area contributed by atoms with E-state index >= 15 is 0 Å². The minimum atomic E-state index is -0.289. The second kappa shape index (κ2) is 6.76. The number of nitrogens with zero attached hydrogens (tertiary/aromatic N) is 2. The molecule has 1 amide bonds. The number of imidazole rings is 1. The van der Waals surface area contributed by atoms with Crippen LogP contribution >= 0.6 is 0 Å². The second-order valence-electron chi connectivity index (χ2n) is 5.87. The van der Waals surface area contributed by atoms with Crippen LogP contribution in [0, 0.1) is 0 Å². The molecule has 0 fully saturated rings. The van der Waals surface area contributed by atoms with Crippen LogP contribution in [-0.2, 0) is 13.7 Å². The van der Waals surface area contributed by atoms with E-state index in [-0.39, 0.29) is 11.7 Å². The molecule has 4 aromatic rings. The summed E-state index contributed by atoms with van der Waals surface area (Å²) in [7, 11) is 1.92. The Kier molecular flexibility index (Phi) is 4.15. The van der Waals surface area contributed by atoms with Crippen LogP contribution in [0.15, 0.2) is 71.4 Å². The Balaban J connectivity index is 1.40. The van der Waals surface area contributed by atoms with Gasteiger partial charge in [-0.15, -0.1) is 0 Å². The number of ether oxygens (including phenoxy) is 1. The van der Waals surface area contributed by atoms with Gasteiger partial charge in [0, 0.05) is 30.5 Å². The highest BCUT2D eigenvalue weighted by Crippen LogP contribution is 2.21. The molecule has 6 nitrogen and oxygen atoms in total. The van der Waals surface area contributed by atoms with E-state index in [1.165, 1.54) is 0 Å². The van der Waals surface area contributed by atoms with Crippen molar-refractivity contribution >= 4 is 22.6 Å². The van der Waals surface area contributed by atoms with E-state index in [1.807, 2.05) is 42.1 Å². The van der Waals surface area contributed by atoms with Crippen LogP contribution in [0.25, 0.3) is 11.0 Å². The third-order valence-corrected chi connectivity index (χ3v) is 4.05. The standard InChI is InChI=1S/C20H17N3O3/c1-23-11-10-21-19(23)13-25-16-8-6-15(7-9-16)22-20(24)18-12-14-4-2-3-5-17(14)26-18/h2-12H,13H2,1H3,(H,22,24). The molecule has 2 aromatic heterocycles. The third kappa shape index (κ3) is 3.30. The first-order chi connectivity index (χ1) is 12.7. The molecule has 0 saturated heterocycles. The predicted octanol–water partition coefficient (Wildman–Crippen LogP) is 4.00. The molecule has 0 bridgehead atoms. The van der Waals surface area contributed by atoms with E-state index < -0.39 is 0 Å². The van der Waals surface area contributed by atoms with Gasteiger partial charge in [-0.25, -0.2) is 4.98 Å². The van der Waals surface area contributed by atoms with Gasteiger partial charge in [0.1, 0.15) is 23.8 Å². The van der Waals surface area contributed by atoms with Crippen molar-refractivity contribution in [2.75, 3.05) is 5.32 Å². The molecule has 0 spiro atoms. The average Bonchev–Trinajstić information content (AvgIpc) is 3.27. The number of para-hydroxylation sites is 1. The summed E-state index contributed by atoms with van der Waals surface area (Å²) in [6.45, 7) is 0.383. The van der Waals surface area contributed by atoms with Crippen LogP contribution in [0.2, 0.25) is 0 Å². The Morgan fingerprint density at radius 3 is 2.73 bits per heavy atom. The predicted molar refractivity (Wildman–Crippen MR) is 98.1 cm³/mol. The average molecular weight is 347 g/mol. The van der Waals surface area contributed by atoms with Crippen molar-refractivity contribution in [3.8, 4) is 5.75 Å². The summed E-state index contributed by atoms with van der Waals surface area (Å²) in [5, 5.41) is 3.72. The molecule has 2 heterocycles. The van der Waals surface area contributed by atoms with Crippen molar-refractivity contribution in [1.29, 1.82) is 0 Å². The number of nitrogens with one attached hydrogen (secondary N) is 1. The molecular weight excluding hydrogens is 330 g/mol. The molecule has 1 N–H and O–H groups in total. The first-order valence-corrected chi connectivity index (χ1v) is 8.18. The minimum absolute atomic E-state index is 0.279. The van der Waals surface area contributed by atoms with E-state index in [1.54, 1.807) is 36.5 Å². The van der Waals surface area contributed by atoms with Crippen LogP contribution in [0.1, 0.15) is 16.4 Å². The van der Waals surface area contributed by atoms with Crippen molar-refractivity contribution in [2.45, 2.75) is 6.61 Å². The fourth-order valence-electron chi connectivity index (χ4n) is 2.60. The van der Waals surface area contributed by atoms with Crippen LogP contribution in [0.5, 0.6) is 5.75 Å². The number of benzene rings is 2. The van der Waals surface area contributed by atoms with E-state index in [4.69, 9.17) is 9.15 Å². The molecule has 0 radical (unpaired) electrons. The molecule has 0 aliphatic heterocycles. The largest absolute Gasteiger partial charge is 0.486 e. The number of amides is 1. The smallest absolute Gasteiger partial charge is 0.291 e. The Bertz CT molecular complexity index is 1010. The summed E-state index contributed by atoms with van der Waals surface area (Å²) >= 11 is 0. The van der Waals surface area contributed by atoms with E-state index in [9.17, 15) is 4.79 Å². The van der Waals surface area contributed by atoms with Crippen LogP contribution in [0.4, 0.5) is 5.69 Å². The van der Waals surface area contributed by atoms with Gasteiger partial charge in [-0.1, -0.05) is 18.2 Å². The summed E-state index contributed by atoms with van der Waals surface area (Å²) in [5.41, 5.74) is 1.36. The Labute approximate surface area is 150 Å². The van der Waals surface area contributed by atoms with Gasteiger partial charge >= 0.3 is 0 Å². The summed E-state index contributed by atoms with van der Waals surface area (Å²) in [6.07, 6.45) is 3.60. The van der Waals surface area contributed by atoms with Crippen molar-refractivity contribution in [3.05, 3.63) is 78.6 Å². The van der Waals surface area contributed by atoms with Gasteiger partial charge in [0.2, 0.25) is 0 Å². The van der Waals surface area contributed by atoms with Crippen LogP contribution in [0.3, 0.4) is 0 Å². The number of furan rings is 1. The molecule has 4 rings (SSSR count). The van der Waals surface area contributed by atoms with Crippen molar-refractivity contribution in [2.24, 2.45) is 7.05 Å². The monoisotopic (exact) mass is 347 g/mol. The summed E-state index contributed by atoms with van der Waals surface area (Å²) in [5.74, 6) is 1.53. The number of hydrogen-bond donors (Lipinski definition) is 1. The minimum Gasteiger partial charge on any atom is -0.486 e. The first-order valence-electron chi connectivity index (χ1n) is 8.18. The summed E-state index contributed by atoms with van der Waals surface area (Å²) in [6, 6.07) is 16.4. The van der Waals surface area contributed by atoms with Gasteiger partial charge in [0.25, 0.3) is 5.91 Å². The van der Waals surface area contributed by atoms with Gasteiger partial charge in [0.05, 0.1) is 0 Å². The Hall–Kier alpha value is -3.54. The lowest BCUT2D eigenvalue weighted by Crippen LogP contribution is -2.10. The maximum atomic E-state index is 12.3. The molecule has 0 atom stereocenters. The molecule has 0 saturated carbocycles. The first kappa shape index (κ1) is 16.0. The lowest BCUT2D eigenvalue weighted by atomic mass is 10.2. The zero-order valence-electron chi connectivity index (χ0n) is 14.2. The number of anilines is 1. The zero-order chi connectivity index (χ0) is 17.9. The number of rotatable bonds is 5. The number of carbonyl (C=O) groups excluding carboxylic acids is 1. The van der Waals surface area contributed by atoms with Gasteiger partial charge in [-0.2, -0.15) is 0 Å². The summed E-state index contributed by atoms with van der Waals surface area (Å²) in [4.78, 5) is 16.5. The molecule has 26 heavy (non-hydrogen) atoms. The molecule has 2 aromatic carbocycles. The Morgan fingerprint density at radius 2 is 2.00 bits per heavy atom. The van der Waals surface area contributed by atoms with E-state index in [2.05, 4.69) is 10.3 Å². The van der Waals surface area contributed by atoms with Crippen molar-refractivity contribution in [3.63, 3.8) is 0 Å². The number of aromatic nitrogens is 2. The number of aryl methyl sites for hydroxylation is 1. The van der Waals surface area contributed by atoms with Crippen LogP contribution < -0.4 is 10.1 Å². The second-order valence-corrected chi connectivity index (χ2v) is 5.87. The number of fused-ring (bicyclic) bond motifs is 1. The van der Waals surface area contributed by atoms with Crippen molar-refractivity contribution < 1.29 is 13.9 Å². The highest BCUT2D eigenvalue weighted by molar-refractivity contribution is 6.04. The molecule has 0 aliphatic carbocycles. The number of carbonyl (C=O) groups is 1. The SMILES string of the molecule is Cn1ccnc1COc1ccc(NC(=O)c2cc3ccccc3o2)cc1. The molecule has 130 valence electrons. The maximum absolute atomic E-state index is 12.3. The maximum Gasteiger partial charge on any atom is 0.291 e. The van der Waals surface area contributed by atoms with Gasteiger partial charge in [-0.3, -0.25) is 4.79 Å². The topological polar surface area (TPSA) is 69.3 Å². The molecule has 0 aliphatic rings. The van der Waals surface area contributed by atoms with Gasteiger partial charge < -0.3 is 19.0 Å². The van der Waals surface area contributed by atoms with Crippen LogP contribution in [-0.4, -0.2) is 15.5 Å². The molecular formula is C20H17N3O3. The van der Waals surface area contributed by atoms with E-state index in [0.717, 1.165) is 11.2 Å². The van der Waals surface area contributed by atoms with Crippen molar-refractivity contribution in [1.82, 2.24) is 9.55 Å². The molecule has 0 unspecified atom stereocenters. The highest BCUT2D eigenvalue weighted by atomic mass is 16.5. The zero-order valence-corrected chi connectivity index (χ0v) is 14.2. The fourth-order valence-corrected chi connectivity index (χ4v) is 2.60. The molecule has 6 heteroatoms. The third-order valence-electron chi connectivity index (χ3n) is 4.05. The fraction of sp³-hybridized carbons (Fsp3) is 0.100. The lowest BCUT2D eigenvalue weighted by Gasteiger charge is -2.08. The van der Waals surface area contributed by atoms with E-state index in [0.29, 0.717) is 23.6 Å². The van der Waals surface area contributed by atoms with Gasteiger partial charge in [0.15, 0.2) is 5.76 Å². The quantitative estimate of drug-likeness (QED) is 0.592.